The summed E-state index contributed by atoms with van der Waals surface area (Å²) in [5.41, 5.74) is 0.0362. The van der Waals surface area contributed by atoms with Crippen LogP contribution in [0.1, 0.15) is 10.4 Å². The quantitative estimate of drug-likeness (QED) is 0.686. The van der Waals surface area contributed by atoms with E-state index in [4.69, 9.17) is 27.9 Å². The molecule has 3 rings (SSSR count). The molecule has 0 N–H and O–H groups in total. The van der Waals surface area contributed by atoms with Crippen LogP contribution in [0.2, 0.25) is 10.0 Å². The molecule has 2 heterocycles. The van der Waals surface area contributed by atoms with Crippen LogP contribution in [0.15, 0.2) is 41.3 Å². The van der Waals surface area contributed by atoms with Crippen LogP contribution in [0.25, 0.3) is 16.7 Å². The molecule has 0 aliphatic carbocycles. The molecule has 0 aliphatic rings. The molecular formula is C18H15Cl2N3O3. The summed E-state index contributed by atoms with van der Waals surface area (Å²) >= 11 is 12.3. The Labute approximate surface area is 159 Å². The van der Waals surface area contributed by atoms with Crippen LogP contribution in [0.5, 0.6) is 5.75 Å². The summed E-state index contributed by atoms with van der Waals surface area (Å²) in [6.45, 7) is 0. The first-order valence-corrected chi connectivity index (χ1v) is 8.37. The predicted octanol–water partition coefficient (Wildman–Crippen LogP) is 3.40. The van der Waals surface area contributed by atoms with E-state index in [1.54, 1.807) is 44.6 Å². The van der Waals surface area contributed by atoms with Gasteiger partial charge in [-0.25, -0.2) is 4.98 Å². The van der Waals surface area contributed by atoms with Crippen LogP contribution < -0.4 is 10.3 Å². The van der Waals surface area contributed by atoms with Gasteiger partial charge in [-0.15, -0.1) is 0 Å². The molecule has 0 aliphatic heterocycles. The van der Waals surface area contributed by atoms with E-state index in [2.05, 4.69) is 4.98 Å². The van der Waals surface area contributed by atoms with Crippen molar-refractivity contribution in [3.8, 4) is 11.4 Å². The normalized spacial score (nSPS) is 10.8. The van der Waals surface area contributed by atoms with Crippen molar-refractivity contribution in [1.82, 2.24) is 14.5 Å². The minimum absolute atomic E-state index is 0.0935. The van der Waals surface area contributed by atoms with E-state index in [9.17, 15) is 9.59 Å². The number of ether oxygens (including phenoxy) is 1. The number of hydrogen-bond acceptors (Lipinski definition) is 4. The van der Waals surface area contributed by atoms with Crippen molar-refractivity contribution in [1.29, 1.82) is 0 Å². The van der Waals surface area contributed by atoms with Crippen molar-refractivity contribution >= 4 is 40.1 Å². The van der Waals surface area contributed by atoms with Crippen molar-refractivity contribution in [2.75, 3.05) is 21.2 Å². The maximum Gasteiger partial charge on any atom is 0.273 e. The Bertz CT molecular complexity index is 1080. The first-order chi connectivity index (χ1) is 12.4. The molecule has 0 atom stereocenters. The number of benzene rings is 1. The Balaban J connectivity index is 2.52. The minimum atomic E-state index is -0.573. The Hall–Kier alpha value is -2.57. The molecule has 0 saturated carbocycles. The molecule has 0 radical (unpaired) electrons. The molecule has 8 heteroatoms. The lowest BCUT2D eigenvalue weighted by Crippen LogP contribution is -2.33. The fourth-order valence-electron chi connectivity index (χ4n) is 2.70. The number of fused-ring (bicyclic) bond motifs is 1. The van der Waals surface area contributed by atoms with E-state index in [0.717, 1.165) is 0 Å². The van der Waals surface area contributed by atoms with Crippen molar-refractivity contribution in [3.63, 3.8) is 0 Å². The van der Waals surface area contributed by atoms with Gasteiger partial charge in [-0.2, -0.15) is 0 Å². The van der Waals surface area contributed by atoms with Gasteiger partial charge in [0, 0.05) is 25.3 Å². The van der Waals surface area contributed by atoms with Gasteiger partial charge < -0.3 is 9.64 Å². The molecule has 0 fully saturated rings. The van der Waals surface area contributed by atoms with Gasteiger partial charge >= 0.3 is 0 Å². The first-order valence-electron chi connectivity index (χ1n) is 7.61. The minimum Gasteiger partial charge on any atom is -0.495 e. The highest BCUT2D eigenvalue weighted by molar-refractivity contribution is 6.35. The number of amides is 1. The highest BCUT2D eigenvalue weighted by atomic mass is 35.5. The summed E-state index contributed by atoms with van der Waals surface area (Å²) in [6, 6.07) is 8.18. The molecule has 3 aromatic rings. The van der Waals surface area contributed by atoms with Crippen LogP contribution >= 0.6 is 23.2 Å². The van der Waals surface area contributed by atoms with Crippen LogP contribution in [0.3, 0.4) is 0 Å². The van der Waals surface area contributed by atoms with E-state index < -0.39 is 11.5 Å². The summed E-state index contributed by atoms with van der Waals surface area (Å²) in [5.74, 6) is -0.297. The molecule has 0 unspecified atom stereocenters. The Kier molecular flexibility index (Phi) is 4.89. The van der Waals surface area contributed by atoms with Gasteiger partial charge in [0.05, 0.1) is 23.2 Å². The molecule has 0 bridgehead atoms. The Morgan fingerprint density at radius 2 is 1.96 bits per heavy atom. The Morgan fingerprint density at radius 3 is 2.58 bits per heavy atom. The zero-order valence-electron chi connectivity index (χ0n) is 14.3. The maximum absolute atomic E-state index is 13.2. The third-order valence-electron chi connectivity index (χ3n) is 3.86. The molecule has 26 heavy (non-hydrogen) atoms. The van der Waals surface area contributed by atoms with Gasteiger partial charge in [0.25, 0.3) is 11.5 Å². The highest BCUT2D eigenvalue weighted by Crippen LogP contribution is 2.31. The predicted molar refractivity (Wildman–Crippen MR) is 102 cm³/mol. The van der Waals surface area contributed by atoms with E-state index in [1.165, 1.54) is 22.6 Å². The molecule has 0 spiro atoms. The lowest BCUT2D eigenvalue weighted by Gasteiger charge is -2.18. The topological polar surface area (TPSA) is 64.4 Å². The number of aromatic nitrogens is 2. The molecular weight excluding hydrogens is 377 g/mol. The second kappa shape index (κ2) is 6.97. The standard InChI is InChI=1S/C18H15Cl2N3O3/c1-22(2)17(24)14-15(26-3)11-5-4-8-21-16(11)23(18(14)25)13-7-6-10(19)9-12(13)20/h4-9H,1-3H3. The summed E-state index contributed by atoms with van der Waals surface area (Å²) in [4.78, 5) is 31.5. The number of nitrogens with zero attached hydrogens (tertiary/aromatic N) is 3. The average Bonchev–Trinajstić information content (AvgIpc) is 2.61. The monoisotopic (exact) mass is 391 g/mol. The third-order valence-corrected chi connectivity index (χ3v) is 4.40. The van der Waals surface area contributed by atoms with Crippen LogP contribution in [-0.2, 0) is 0 Å². The second-order valence-electron chi connectivity index (χ2n) is 5.72. The summed E-state index contributed by atoms with van der Waals surface area (Å²) in [6.07, 6.45) is 1.55. The molecule has 134 valence electrons. The fraction of sp³-hybridized carbons (Fsp3) is 0.167. The van der Waals surface area contributed by atoms with E-state index in [0.29, 0.717) is 21.7 Å². The SMILES string of the molecule is COc1c(C(=O)N(C)C)c(=O)n(-c2ccc(Cl)cc2Cl)c2ncccc12. The number of rotatable bonds is 3. The lowest BCUT2D eigenvalue weighted by atomic mass is 10.1. The van der Waals surface area contributed by atoms with E-state index in [-0.39, 0.29) is 16.3 Å². The van der Waals surface area contributed by atoms with E-state index >= 15 is 0 Å². The fourth-order valence-corrected chi connectivity index (χ4v) is 3.20. The van der Waals surface area contributed by atoms with Crippen LogP contribution in [0, 0.1) is 0 Å². The van der Waals surface area contributed by atoms with E-state index in [1.807, 2.05) is 0 Å². The zero-order valence-corrected chi connectivity index (χ0v) is 15.8. The van der Waals surface area contributed by atoms with Gasteiger partial charge in [0.2, 0.25) is 0 Å². The van der Waals surface area contributed by atoms with Crippen molar-refractivity contribution < 1.29 is 9.53 Å². The number of methoxy groups -OCH3 is 1. The Morgan fingerprint density at radius 1 is 1.23 bits per heavy atom. The molecule has 2 aromatic heterocycles. The molecule has 0 saturated heterocycles. The second-order valence-corrected chi connectivity index (χ2v) is 6.56. The number of hydrogen-bond donors (Lipinski definition) is 0. The van der Waals surface area contributed by atoms with Gasteiger partial charge in [0.15, 0.2) is 5.65 Å². The summed E-state index contributed by atoms with van der Waals surface area (Å²) in [7, 11) is 4.54. The maximum atomic E-state index is 13.2. The van der Waals surface area contributed by atoms with Crippen molar-refractivity contribution in [2.24, 2.45) is 0 Å². The van der Waals surface area contributed by atoms with Crippen LogP contribution in [0.4, 0.5) is 0 Å². The molecule has 1 amide bonds. The van der Waals surface area contributed by atoms with Gasteiger partial charge in [-0.3, -0.25) is 14.2 Å². The summed E-state index contributed by atoms with van der Waals surface area (Å²) in [5, 5.41) is 1.22. The summed E-state index contributed by atoms with van der Waals surface area (Å²) < 4.78 is 6.69. The third kappa shape index (κ3) is 2.91. The lowest BCUT2D eigenvalue weighted by molar-refractivity contribution is 0.0822. The zero-order chi connectivity index (χ0) is 19.0. The first kappa shape index (κ1) is 18.2. The number of carbonyl (C=O) groups excluding carboxylic acids is 1. The van der Waals surface area contributed by atoms with Crippen molar-refractivity contribution in [3.05, 3.63) is 62.5 Å². The van der Waals surface area contributed by atoms with Gasteiger partial charge in [-0.05, 0) is 30.3 Å². The number of carbonyl (C=O) groups is 1. The number of pyridine rings is 2. The number of halogens is 2. The van der Waals surface area contributed by atoms with Gasteiger partial charge in [0.1, 0.15) is 11.3 Å². The van der Waals surface area contributed by atoms with Gasteiger partial charge in [-0.1, -0.05) is 23.2 Å². The molecule has 1 aromatic carbocycles. The van der Waals surface area contributed by atoms with Crippen molar-refractivity contribution in [2.45, 2.75) is 0 Å². The van der Waals surface area contributed by atoms with Crippen LogP contribution in [-0.4, -0.2) is 41.6 Å². The largest absolute Gasteiger partial charge is 0.495 e. The smallest absolute Gasteiger partial charge is 0.273 e. The molecule has 6 nitrogen and oxygen atoms in total. The average molecular weight is 392 g/mol. The highest BCUT2D eigenvalue weighted by Gasteiger charge is 2.26.